The third-order valence-corrected chi connectivity index (χ3v) is 3.34. The Balaban J connectivity index is 2.34. The molecule has 1 aliphatic rings. The first kappa shape index (κ1) is 12.9. The first-order chi connectivity index (χ1) is 6.97. The van der Waals surface area contributed by atoms with Gasteiger partial charge in [0.1, 0.15) is 0 Å². The predicted octanol–water partition coefficient (Wildman–Crippen LogP) is 1.66. The molecule has 0 radical (unpaired) electrons. The molecule has 3 heteroatoms. The average molecular weight is 214 g/mol. The molecule has 1 rings (SSSR count). The Labute approximate surface area is 93.8 Å². The molecule has 15 heavy (non-hydrogen) atoms. The lowest BCUT2D eigenvalue weighted by Gasteiger charge is -2.38. The normalized spacial score (nSPS) is 24.8. The fourth-order valence-electron chi connectivity index (χ4n) is 2.07. The zero-order valence-corrected chi connectivity index (χ0v) is 10.4. The molecule has 0 aliphatic carbocycles. The first-order valence-electron chi connectivity index (χ1n) is 6.09. The Hall–Kier alpha value is -0.120. The highest BCUT2D eigenvalue weighted by molar-refractivity contribution is 4.90. The zero-order valence-electron chi connectivity index (χ0n) is 10.4. The molecule has 1 fully saturated rings. The molecule has 1 aliphatic heterocycles. The summed E-state index contributed by atoms with van der Waals surface area (Å²) in [5, 5.41) is 3.62. The molecule has 90 valence electrons. The minimum Gasteiger partial charge on any atom is -0.381 e. The summed E-state index contributed by atoms with van der Waals surface area (Å²) in [4.78, 5) is 0. The molecule has 0 spiro atoms. The van der Waals surface area contributed by atoms with Crippen LogP contribution in [0.15, 0.2) is 0 Å². The van der Waals surface area contributed by atoms with E-state index in [4.69, 9.17) is 10.5 Å². The molecule has 1 saturated heterocycles. The molecule has 0 bridgehead atoms. The van der Waals surface area contributed by atoms with Crippen LogP contribution in [0.5, 0.6) is 0 Å². The average Bonchev–Trinajstić information content (AvgIpc) is 2.17. The van der Waals surface area contributed by atoms with Gasteiger partial charge in [-0.1, -0.05) is 13.3 Å². The highest BCUT2D eigenvalue weighted by Crippen LogP contribution is 2.20. The standard InChI is InChI=1S/C12H26N2O/c1-4-5-11(2,13)10-14-12(3)6-8-15-9-7-12/h14H,4-10,13H2,1-3H3. The van der Waals surface area contributed by atoms with Crippen molar-refractivity contribution in [3.05, 3.63) is 0 Å². The van der Waals surface area contributed by atoms with Crippen molar-refractivity contribution >= 4 is 0 Å². The van der Waals surface area contributed by atoms with Gasteiger partial charge in [0.05, 0.1) is 0 Å². The van der Waals surface area contributed by atoms with E-state index >= 15 is 0 Å². The highest BCUT2D eigenvalue weighted by atomic mass is 16.5. The van der Waals surface area contributed by atoms with Crippen molar-refractivity contribution in [2.75, 3.05) is 19.8 Å². The van der Waals surface area contributed by atoms with E-state index in [0.717, 1.165) is 45.4 Å². The molecule has 0 aromatic heterocycles. The molecule has 0 aromatic rings. The number of nitrogens with one attached hydrogen (secondary N) is 1. The highest BCUT2D eigenvalue weighted by Gasteiger charge is 2.29. The fourth-order valence-corrected chi connectivity index (χ4v) is 2.07. The second-order valence-corrected chi connectivity index (χ2v) is 5.43. The van der Waals surface area contributed by atoms with Crippen LogP contribution in [0.1, 0.15) is 46.5 Å². The lowest BCUT2D eigenvalue weighted by molar-refractivity contribution is 0.0430. The summed E-state index contributed by atoms with van der Waals surface area (Å²) in [5.41, 5.74) is 6.37. The Morgan fingerprint density at radius 1 is 1.40 bits per heavy atom. The number of ether oxygens (including phenoxy) is 1. The van der Waals surface area contributed by atoms with E-state index in [-0.39, 0.29) is 11.1 Å². The minimum atomic E-state index is -0.0733. The van der Waals surface area contributed by atoms with Gasteiger partial charge in [-0.3, -0.25) is 0 Å². The van der Waals surface area contributed by atoms with E-state index in [1.807, 2.05) is 0 Å². The van der Waals surface area contributed by atoms with E-state index in [1.54, 1.807) is 0 Å². The zero-order chi connectivity index (χ0) is 11.4. The van der Waals surface area contributed by atoms with Crippen LogP contribution in [0.25, 0.3) is 0 Å². The van der Waals surface area contributed by atoms with Crippen LogP contribution >= 0.6 is 0 Å². The molecule has 1 unspecified atom stereocenters. The smallest absolute Gasteiger partial charge is 0.0483 e. The van der Waals surface area contributed by atoms with Gasteiger partial charge in [0.25, 0.3) is 0 Å². The SMILES string of the molecule is CCCC(C)(N)CNC1(C)CCOCC1. The van der Waals surface area contributed by atoms with Gasteiger partial charge in [-0.25, -0.2) is 0 Å². The van der Waals surface area contributed by atoms with Gasteiger partial charge in [-0.05, 0) is 33.1 Å². The van der Waals surface area contributed by atoms with Crippen LogP contribution < -0.4 is 11.1 Å². The minimum absolute atomic E-state index is 0.0733. The van der Waals surface area contributed by atoms with Crippen molar-refractivity contribution in [3.8, 4) is 0 Å². The van der Waals surface area contributed by atoms with Crippen molar-refractivity contribution in [2.45, 2.75) is 57.5 Å². The second-order valence-electron chi connectivity index (χ2n) is 5.43. The Morgan fingerprint density at radius 2 is 2.00 bits per heavy atom. The summed E-state index contributed by atoms with van der Waals surface area (Å²) < 4.78 is 5.37. The lowest BCUT2D eigenvalue weighted by atomic mass is 9.90. The van der Waals surface area contributed by atoms with Crippen molar-refractivity contribution in [1.82, 2.24) is 5.32 Å². The summed E-state index contributed by atoms with van der Waals surface area (Å²) in [6.07, 6.45) is 4.41. The monoisotopic (exact) mass is 214 g/mol. The summed E-state index contributed by atoms with van der Waals surface area (Å²) >= 11 is 0. The number of hydrogen-bond donors (Lipinski definition) is 2. The number of rotatable bonds is 5. The molecular formula is C12H26N2O. The fraction of sp³-hybridized carbons (Fsp3) is 1.00. The van der Waals surface area contributed by atoms with Gasteiger partial charge in [-0.15, -0.1) is 0 Å². The molecular weight excluding hydrogens is 188 g/mol. The van der Waals surface area contributed by atoms with Crippen LogP contribution in [-0.4, -0.2) is 30.8 Å². The number of nitrogens with two attached hydrogens (primary N) is 1. The Bertz CT molecular complexity index is 186. The summed E-state index contributed by atoms with van der Waals surface area (Å²) in [7, 11) is 0. The van der Waals surface area contributed by atoms with Gasteiger partial charge >= 0.3 is 0 Å². The molecule has 3 N–H and O–H groups in total. The third-order valence-electron chi connectivity index (χ3n) is 3.34. The Morgan fingerprint density at radius 3 is 2.53 bits per heavy atom. The van der Waals surface area contributed by atoms with Crippen molar-refractivity contribution < 1.29 is 4.74 Å². The molecule has 1 heterocycles. The third kappa shape index (κ3) is 4.49. The lowest BCUT2D eigenvalue weighted by Crippen LogP contribution is -2.55. The van der Waals surface area contributed by atoms with Crippen molar-refractivity contribution in [2.24, 2.45) is 5.73 Å². The quantitative estimate of drug-likeness (QED) is 0.732. The maximum Gasteiger partial charge on any atom is 0.0483 e. The first-order valence-corrected chi connectivity index (χ1v) is 6.09. The Kier molecular flexibility index (Phi) is 4.56. The summed E-state index contributed by atoms with van der Waals surface area (Å²) in [5.74, 6) is 0. The van der Waals surface area contributed by atoms with Crippen molar-refractivity contribution in [3.63, 3.8) is 0 Å². The van der Waals surface area contributed by atoms with E-state index < -0.39 is 0 Å². The summed E-state index contributed by atoms with van der Waals surface area (Å²) in [6.45, 7) is 9.24. The van der Waals surface area contributed by atoms with Gasteiger partial charge in [-0.2, -0.15) is 0 Å². The van der Waals surface area contributed by atoms with Crippen LogP contribution in [-0.2, 0) is 4.74 Å². The van der Waals surface area contributed by atoms with Crippen molar-refractivity contribution in [1.29, 1.82) is 0 Å². The van der Waals surface area contributed by atoms with E-state index in [1.165, 1.54) is 0 Å². The molecule has 0 aromatic carbocycles. The van der Waals surface area contributed by atoms with Crippen LogP contribution in [0.3, 0.4) is 0 Å². The van der Waals surface area contributed by atoms with E-state index in [9.17, 15) is 0 Å². The predicted molar refractivity (Wildman–Crippen MR) is 64.0 cm³/mol. The largest absolute Gasteiger partial charge is 0.381 e. The van der Waals surface area contributed by atoms with Gasteiger partial charge < -0.3 is 15.8 Å². The van der Waals surface area contributed by atoms with Crippen LogP contribution in [0.4, 0.5) is 0 Å². The maximum atomic E-state index is 6.21. The molecule has 0 amide bonds. The van der Waals surface area contributed by atoms with Gasteiger partial charge in [0.15, 0.2) is 0 Å². The van der Waals surface area contributed by atoms with Gasteiger partial charge in [0, 0.05) is 30.8 Å². The molecule has 0 saturated carbocycles. The van der Waals surface area contributed by atoms with Gasteiger partial charge in [0.2, 0.25) is 0 Å². The molecule has 1 atom stereocenters. The number of hydrogen-bond acceptors (Lipinski definition) is 3. The topological polar surface area (TPSA) is 47.3 Å². The second kappa shape index (κ2) is 5.28. The van der Waals surface area contributed by atoms with E-state index in [0.29, 0.717) is 0 Å². The summed E-state index contributed by atoms with van der Waals surface area (Å²) in [6, 6.07) is 0. The van der Waals surface area contributed by atoms with Crippen LogP contribution in [0.2, 0.25) is 0 Å². The molecule has 3 nitrogen and oxygen atoms in total. The van der Waals surface area contributed by atoms with Crippen LogP contribution in [0, 0.1) is 0 Å². The maximum absolute atomic E-state index is 6.21. The van der Waals surface area contributed by atoms with E-state index in [2.05, 4.69) is 26.1 Å².